The van der Waals surface area contributed by atoms with Gasteiger partial charge in [-0.3, -0.25) is 9.78 Å². The van der Waals surface area contributed by atoms with Gasteiger partial charge in [0.05, 0.1) is 5.56 Å². The Labute approximate surface area is 108 Å². The molecule has 0 fully saturated rings. The number of aromatic nitrogens is 1. The molecule has 0 amide bonds. The minimum absolute atomic E-state index is 0.572. The van der Waals surface area contributed by atoms with Crippen molar-refractivity contribution in [3.8, 4) is 0 Å². The second-order valence-corrected chi connectivity index (χ2v) is 4.48. The Morgan fingerprint density at radius 1 is 1.35 bits per heavy atom. The van der Waals surface area contributed by atoms with Crippen molar-refractivity contribution in [3.63, 3.8) is 0 Å². The fraction of sp³-hybridized carbons (Fsp3) is 0.0769. The van der Waals surface area contributed by atoms with E-state index in [9.17, 15) is 4.79 Å². The molecule has 2 rings (SSSR count). The lowest BCUT2D eigenvalue weighted by atomic mass is 10.2. The van der Waals surface area contributed by atoms with E-state index < -0.39 is 0 Å². The Kier molecular flexibility index (Phi) is 3.88. The maximum atomic E-state index is 10.8. The third-order valence-electron chi connectivity index (χ3n) is 2.35. The average molecular weight is 291 g/mol. The minimum Gasteiger partial charge on any atom is -0.380 e. The zero-order valence-corrected chi connectivity index (χ0v) is 10.6. The van der Waals surface area contributed by atoms with Crippen molar-refractivity contribution in [1.82, 2.24) is 4.98 Å². The van der Waals surface area contributed by atoms with Crippen LogP contribution in [0.15, 0.2) is 47.2 Å². The number of benzene rings is 1. The van der Waals surface area contributed by atoms with Gasteiger partial charge in [-0.15, -0.1) is 0 Å². The van der Waals surface area contributed by atoms with Crippen LogP contribution in [0.2, 0.25) is 0 Å². The van der Waals surface area contributed by atoms with Crippen molar-refractivity contribution >= 4 is 27.9 Å². The number of carbonyl (C=O) groups excluding carboxylic acids is 1. The molecule has 0 radical (unpaired) electrons. The molecule has 0 saturated carbocycles. The number of hydrogen-bond acceptors (Lipinski definition) is 3. The van der Waals surface area contributed by atoms with Gasteiger partial charge < -0.3 is 5.32 Å². The Hall–Kier alpha value is -1.68. The highest BCUT2D eigenvalue weighted by Crippen LogP contribution is 2.15. The van der Waals surface area contributed by atoms with Crippen LogP contribution < -0.4 is 5.32 Å². The Morgan fingerprint density at radius 2 is 2.24 bits per heavy atom. The van der Waals surface area contributed by atoms with E-state index in [1.54, 1.807) is 18.5 Å². The van der Waals surface area contributed by atoms with Crippen molar-refractivity contribution in [3.05, 3.63) is 58.3 Å². The molecular formula is C13H11BrN2O. The monoisotopic (exact) mass is 290 g/mol. The number of anilines is 1. The first-order chi connectivity index (χ1) is 8.29. The maximum absolute atomic E-state index is 10.8. The molecule has 0 aliphatic carbocycles. The molecule has 2 aromatic rings. The van der Waals surface area contributed by atoms with Crippen LogP contribution in [0.5, 0.6) is 0 Å². The molecule has 3 nitrogen and oxygen atoms in total. The van der Waals surface area contributed by atoms with Crippen molar-refractivity contribution in [2.24, 2.45) is 0 Å². The quantitative estimate of drug-likeness (QED) is 0.879. The Morgan fingerprint density at radius 3 is 3.00 bits per heavy atom. The van der Waals surface area contributed by atoms with Gasteiger partial charge in [-0.1, -0.05) is 28.1 Å². The number of nitrogens with zero attached hydrogens (tertiary/aromatic N) is 1. The zero-order valence-electron chi connectivity index (χ0n) is 9.06. The second kappa shape index (κ2) is 5.59. The van der Waals surface area contributed by atoms with E-state index in [-0.39, 0.29) is 0 Å². The van der Waals surface area contributed by atoms with E-state index in [0.29, 0.717) is 12.1 Å². The molecule has 1 aromatic heterocycles. The summed E-state index contributed by atoms with van der Waals surface area (Å²) in [5.74, 6) is 0. The summed E-state index contributed by atoms with van der Waals surface area (Å²) in [5.41, 5.74) is 2.52. The summed E-state index contributed by atoms with van der Waals surface area (Å²) in [7, 11) is 0. The smallest absolute Gasteiger partial charge is 0.153 e. The second-order valence-electron chi connectivity index (χ2n) is 3.56. The van der Waals surface area contributed by atoms with Crippen LogP contribution in [-0.4, -0.2) is 11.3 Å². The standard InChI is InChI=1S/C13H11BrN2O/c14-12-3-1-2-10(6-12)7-16-13-4-5-15-8-11(13)9-17/h1-6,8-9H,7H2,(H,15,16). The molecule has 0 atom stereocenters. The number of nitrogens with one attached hydrogen (secondary N) is 1. The molecule has 1 N–H and O–H groups in total. The van der Waals surface area contributed by atoms with Gasteiger partial charge in [-0.05, 0) is 23.8 Å². The summed E-state index contributed by atoms with van der Waals surface area (Å²) < 4.78 is 1.04. The van der Waals surface area contributed by atoms with E-state index in [4.69, 9.17) is 0 Å². The first kappa shape index (κ1) is 11.8. The highest BCUT2D eigenvalue weighted by molar-refractivity contribution is 9.10. The van der Waals surface area contributed by atoms with Gasteiger partial charge in [0.15, 0.2) is 6.29 Å². The summed E-state index contributed by atoms with van der Waals surface area (Å²) in [6.45, 7) is 0.671. The molecule has 0 unspecified atom stereocenters. The summed E-state index contributed by atoms with van der Waals surface area (Å²) in [5, 5.41) is 3.22. The summed E-state index contributed by atoms with van der Waals surface area (Å²) >= 11 is 3.42. The molecule has 0 spiro atoms. The number of hydrogen-bond donors (Lipinski definition) is 1. The lowest BCUT2D eigenvalue weighted by Crippen LogP contribution is -2.02. The predicted octanol–water partition coefficient (Wildman–Crippen LogP) is 3.27. The normalized spacial score (nSPS) is 9.94. The highest BCUT2D eigenvalue weighted by atomic mass is 79.9. The van der Waals surface area contributed by atoms with Gasteiger partial charge in [-0.25, -0.2) is 0 Å². The molecular weight excluding hydrogens is 280 g/mol. The van der Waals surface area contributed by atoms with Gasteiger partial charge in [0.2, 0.25) is 0 Å². The van der Waals surface area contributed by atoms with Gasteiger partial charge >= 0.3 is 0 Å². The molecule has 0 bridgehead atoms. The molecule has 86 valence electrons. The number of carbonyl (C=O) groups is 1. The first-order valence-corrected chi connectivity index (χ1v) is 5.96. The van der Waals surface area contributed by atoms with Crippen molar-refractivity contribution < 1.29 is 4.79 Å². The van der Waals surface area contributed by atoms with E-state index >= 15 is 0 Å². The fourth-order valence-corrected chi connectivity index (χ4v) is 1.95. The molecule has 1 heterocycles. The van der Waals surface area contributed by atoms with Crippen LogP contribution in [0.4, 0.5) is 5.69 Å². The average Bonchev–Trinajstić information content (AvgIpc) is 2.37. The van der Waals surface area contributed by atoms with Crippen LogP contribution in [0.3, 0.4) is 0 Å². The minimum atomic E-state index is 0.572. The van der Waals surface area contributed by atoms with Crippen LogP contribution in [-0.2, 0) is 6.54 Å². The van der Waals surface area contributed by atoms with E-state index in [1.807, 2.05) is 24.3 Å². The van der Waals surface area contributed by atoms with Gasteiger partial charge in [0, 0.05) is 29.1 Å². The Balaban J connectivity index is 2.09. The number of halogens is 1. The van der Waals surface area contributed by atoms with Crippen molar-refractivity contribution in [1.29, 1.82) is 0 Å². The summed E-state index contributed by atoms with van der Waals surface area (Å²) in [6, 6.07) is 9.82. The Bertz CT molecular complexity index is 528. The third-order valence-corrected chi connectivity index (χ3v) is 2.84. The third kappa shape index (κ3) is 3.14. The van der Waals surface area contributed by atoms with Crippen LogP contribution >= 0.6 is 15.9 Å². The summed E-state index contributed by atoms with van der Waals surface area (Å²) in [6.07, 6.45) is 4.02. The largest absolute Gasteiger partial charge is 0.380 e. The molecule has 1 aromatic carbocycles. The molecule has 0 saturated heterocycles. The molecule has 4 heteroatoms. The number of pyridine rings is 1. The van der Waals surface area contributed by atoms with Gasteiger partial charge in [0.1, 0.15) is 0 Å². The van der Waals surface area contributed by atoms with Crippen LogP contribution in [0.1, 0.15) is 15.9 Å². The van der Waals surface area contributed by atoms with E-state index in [1.165, 1.54) is 0 Å². The lowest BCUT2D eigenvalue weighted by molar-refractivity contribution is 0.112. The van der Waals surface area contributed by atoms with Gasteiger partial charge in [0.25, 0.3) is 0 Å². The van der Waals surface area contributed by atoms with Crippen LogP contribution in [0.25, 0.3) is 0 Å². The van der Waals surface area contributed by atoms with E-state index in [2.05, 4.69) is 26.2 Å². The summed E-state index contributed by atoms with van der Waals surface area (Å²) in [4.78, 5) is 14.7. The van der Waals surface area contributed by atoms with Crippen molar-refractivity contribution in [2.45, 2.75) is 6.54 Å². The predicted molar refractivity (Wildman–Crippen MR) is 71.1 cm³/mol. The van der Waals surface area contributed by atoms with E-state index in [0.717, 1.165) is 22.0 Å². The maximum Gasteiger partial charge on any atom is 0.153 e. The topological polar surface area (TPSA) is 42.0 Å². The van der Waals surface area contributed by atoms with Crippen LogP contribution in [0, 0.1) is 0 Å². The number of aldehydes is 1. The first-order valence-electron chi connectivity index (χ1n) is 5.17. The fourth-order valence-electron chi connectivity index (χ4n) is 1.51. The highest BCUT2D eigenvalue weighted by Gasteiger charge is 2.00. The molecule has 17 heavy (non-hydrogen) atoms. The molecule has 0 aliphatic heterocycles. The lowest BCUT2D eigenvalue weighted by Gasteiger charge is -2.08. The SMILES string of the molecule is O=Cc1cnccc1NCc1cccc(Br)c1. The molecule has 0 aliphatic rings. The zero-order chi connectivity index (χ0) is 12.1. The number of rotatable bonds is 4. The van der Waals surface area contributed by atoms with Gasteiger partial charge in [-0.2, -0.15) is 0 Å². The van der Waals surface area contributed by atoms with Crippen molar-refractivity contribution in [2.75, 3.05) is 5.32 Å².